The molecule has 5 aromatic rings. The van der Waals surface area contributed by atoms with E-state index < -0.39 is 17.9 Å². The monoisotopic (exact) mass is 649 g/mol. The Bertz CT molecular complexity index is 1770. The van der Waals surface area contributed by atoms with Gasteiger partial charge in [-0.05, 0) is 62.4 Å². The van der Waals surface area contributed by atoms with Crippen molar-refractivity contribution in [2.24, 2.45) is 0 Å². The lowest BCUT2D eigenvalue weighted by atomic mass is 10.1. The maximum absolute atomic E-state index is 14.1. The van der Waals surface area contributed by atoms with Crippen LogP contribution in [0.2, 0.25) is 0 Å². The molecule has 0 unspecified atom stereocenters. The fraction of sp³-hybridized carbons (Fsp3) is 0.257. The van der Waals surface area contributed by atoms with Gasteiger partial charge < -0.3 is 14.6 Å². The number of hydrogen-bond acceptors (Lipinski definition) is 9. The fourth-order valence-electron chi connectivity index (χ4n) is 5.69. The van der Waals surface area contributed by atoms with Crippen LogP contribution in [0.4, 0.5) is 0 Å². The largest absolute Gasteiger partial charge is 0.462 e. The Kier molecular flexibility index (Phi) is 9.89. The molecule has 0 aliphatic carbocycles. The summed E-state index contributed by atoms with van der Waals surface area (Å²) in [5.74, 6) is -1.16. The van der Waals surface area contributed by atoms with Crippen molar-refractivity contribution in [2.75, 3.05) is 32.8 Å². The number of H-pyrrole nitrogens is 1. The van der Waals surface area contributed by atoms with Crippen LogP contribution in [0, 0.1) is 0 Å². The first-order valence-electron chi connectivity index (χ1n) is 15.5. The van der Waals surface area contributed by atoms with Crippen LogP contribution in [-0.4, -0.2) is 90.7 Å². The van der Waals surface area contributed by atoms with Gasteiger partial charge in [0.1, 0.15) is 16.8 Å². The molecule has 1 atom stereocenters. The van der Waals surface area contributed by atoms with Crippen LogP contribution in [-0.2, 0) is 9.53 Å². The minimum atomic E-state index is -0.884. The molecular formula is C35H35N7O4S. The Morgan fingerprint density at radius 3 is 2.17 bits per heavy atom. The topological polar surface area (TPSA) is 125 Å². The van der Waals surface area contributed by atoms with Gasteiger partial charge in [0, 0.05) is 67.6 Å². The molecule has 11 nitrogen and oxygen atoms in total. The predicted octanol–water partition coefficient (Wildman–Crippen LogP) is 5.00. The molecule has 12 heteroatoms. The summed E-state index contributed by atoms with van der Waals surface area (Å²) < 4.78 is 6.64. The van der Waals surface area contributed by atoms with E-state index in [-0.39, 0.29) is 29.1 Å². The van der Waals surface area contributed by atoms with Gasteiger partial charge in [-0.3, -0.25) is 28.8 Å². The molecule has 1 aliphatic rings. The Hall–Kier alpha value is -5.07. The second-order valence-electron chi connectivity index (χ2n) is 11.0. The second kappa shape index (κ2) is 14.6. The lowest BCUT2D eigenvalue weighted by Gasteiger charge is -2.40. The summed E-state index contributed by atoms with van der Waals surface area (Å²) in [6, 6.07) is 23.2. The van der Waals surface area contributed by atoms with Gasteiger partial charge in [0.15, 0.2) is 0 Å². The number of benzene rings is 1. The van der Waals surface area contributed by atoms with E-state index in [9.17, 15) is 14.4 Å². The quantitative estimate of drug-likeness (QED) is 0.164. The van der Waals surface area contributed by atoms with Crippen molar-refractivity contribution in [3.8, 4) is 0 Å². The summed E-state index contributed by atoms with van der Waals surface area (Å²) in [5, 5.41) is 1.14. The Balaban J connectivity index is 1.24. The number of ether oxygens (including phenoxy) is 1. The average molecular weight is 650 g/mol. The third-order valence-corrected chi connectivity index (χ3v) is 9.22. The van der Waals surface area contributed by atoms with E-state index in [0.29, 0.717) is 31.9 Å². The van der Waals surface area contributed by atoms with Gasteiger partial charge >= 0.3 is 5.97 Å². The summed E-state index contributed by atoms with van der Waals surface area (Å²) in [7, 11) is 0. The molecule has 1 fully saturated rings. The number of hydrogen-bond donors (Lipinski definition) is 1. The van der Waals surface area contributed by atoms with Crippen LogP contribution < -0.4 is 0 Å². The number of aromatic amines is 1. The van der Waals surface area contributed by atoms with E-state index >= 15 is 0 Å². The van der Waals surface area contributed by atoms with Gasteiger partial charge in [-0.2, -0.15) is 0 Å². The summed E-state index contributed by atoms with van der Waals surface area (Å²) in [6.45, 7) is 5.71. The maximum atomic E-state index is 14.1. The number of nitrogens with zero attached hydrogens (tertiary/aromatic N) is 6. The summed E-state index contributed by atoms with van der Waals surface area (Å²) in [5.41, 5.74) is 3.12. The third-order valence-electron chi connectivity index (χ3n) is 8.05. The van der Waals surface area contributed by atoms with Crippen molar-refractivity contribution < 1.29 is 19.1 Å². The number of carbonyl (C=O) groups is 3. The van der Waals surface area contributed by atoms with Gasteiger partial charge in [0.25, 0.3) is 5.91 Å². The highest BCUT2D eigenvalue weighted by atomic mass is 32.2. The number of nitrogens with one attached hydrogen (secondary N) is 1. The molecule has 4 aromatic heterocycles. The maximum Gasteiger partial charge on any atom is 0.340 e. The second-order valence-corrected chi connectivity index (χ2v) is 12.0. The van der Waals surface area contributed by atoms with Crippen molar-refractivity contribution in [1.82, 2.24) is 34.0 Å². The Morgan fingerprint density at radius 2 is 1.53 bits per heavy atom. The predicted molar refractivity (Wildman–Crippen MR) is 178 cm³/mol. The molecule has 47 heavy (non-hydrogen) atoms. The number of aromatic nitrogens is 4. The number of pyridine rings is 3. The van der Waals surface area contributed by atoms with Crippen molar-refractivity contribution in [3.05, 3.63) is 120 Å². The van der Waals surface area contributed by atoms with Gasteiger partial charge in [-0.25, -0.2) is 9.78 Å². The first kappa shape index (κ1) is 31.9. The van der Waals surface area contributed by atoms with E-state index in [1.54, 1.807) is 55.5 Å². The number of piperazine rings is 1. The summed E-state index contributed by atoms with van der Waals surface area (Å²) in [6.07, 6.45) is 5.10. The zero-order valence-electron chi connectivity index (χ0n) is 26.2. The normalized spacial score (nSPS) is 14.2. The SMILES string of the molecule is CCOC(=O)c1cccnc1SN(C(=O)c1cc2ccccc2[nH]1)[C@H](C)C(=O)N1CCN(C(c2ccccn2)c2ccccn2)CC1. The van der Waals surface area contributed by atoms with E-state index in [4.69, 9.17) is 4.74 Å². The highest BCUT2D eigenvalue weighted by Gasteiger charge is 2.36. The standard InChI is InChI=1S/C35H35N7O4S/c1-3-46-35(45)26-12-10-18-38-32(26)47-42(34(44)30-23-25-11-4-5-13-27(25)39-30)24(2)33(43)41-21-19-40(20-22-41)31(28-14-6-8-16-36-28)29-15-7-9-17-37-29/h4-18,23-24,31,39H,3,19-22H2,1-2H3/t24-/m1/s1. The van der Waals surface area contributed by atoms with Crippen molar-refractivity contribution >= 4 is 40.6 Å². The van der Waals surface area contributed by atoms with Gasteiger partial charge in [-0.15, -0.1) is 0 Å². The van der Waals surface area contributed by atoms with E-state index in [1.165, 1.54) is 4.31 Å². The minimum Gasteiger partial charge on any atom is -0.462 e. The van der Waals surface area contributed by atoms with Gasteiger partial charge in [-0.1, -0.05) is 30.3 Å². The molecule has 1 aliphatic heterocycles. The molecule has 0 radical (unpaired) electrons. The van der Waals surface area contributed by atoms with Gasteiger partial charge in [0.05, 0.1) is 29.6 Å². The Morgan fingerprint density at radius 1 is 0.872 bits per heavy atom. The Labute approximate surface area is 277 Å². The first-order valence-corrected chi connectivity index (χ1v) is 16.3. The molecule has 0 saturated carbocycles. The molecule has 2 amide bonds. The molecular weight excluding hydrogens is 614 g/mol. The molecule has 1 N–H and O–H groups in total. The molecule has 0 spiro atoms. The number of para-hydroxylation sites is 1. The van der Waals surface area contributed by atoms with Crippen LogP contribution in [0.15, 0.2) is 102 Å². The third kappa shape index (κ3) is 7.03. The number of rotatable bonds is 10. The highest BCUT2D eigenvalue weighted by molar-refractivity contribution is 7.97. The molecule has 240 valence electrons. The first-order chi connectivity index (χ1) is 22.9. The summed E-state index contributed by atoms with van der Waals surface area (Å²) in [4.78, 5) is 61.9. The van der Waals surface area contributed by atoms with Crippen LogP contribution in [0.3, 0.4) is 0 Å². The van der Waals surface area contributed by atoms with Gasteiger partial charge in [0.2, 0.25) is 5.91 Å². The van der Waals surface area contributed by atoms with Crippen molar-refractivity contribution in [1.29, 1.82) is 0 Å². The fourth-order valence-corrected chi connectivity index (χ4v) is 6.66. The minimum absolute atomic E-state index is 0.159. The van der Waals surface area contributed by atoms with Crippen molar-refractivity contribution in [2.45, 2.75) is 31.0 Å². The van der Waals surface area contributed by atoms with Crippen LogP contribution in [0.5, 0.6) is 0 Å². The van der Waals surface area contributed by atoms with Crippen molar-refractivity contribution in [3.63, 3.8) is 0 Å². The van der Waals surface area contributed by atoms with Crippen LogP contribution in [0.25, 0.3) is 10.9 Å². The van der Waals surface area contributed by atoms with E-state index in [1.807, 2.05) is 60.7 Å². The van der Waals surface area contributed by atoms with E-state index in [0.717, 1.165) is 34.2 Å². The number of carbonyl (C=O) groups excluding carboxylic acids is 3. The zero-order chi connectivity index (χ0) is 32.8. The number of amides is 2. The lowest BCUT2D eigenvalue weighted by Crippen LogP contribution is -2.54. The lowest BCUT2D eigenvalue weighted by molar-refractivity contribution is -0.136. The highest BCUT2D eigenvalue weighted by Crippen LogP contribution is 2.31. The molecule has 5 heterocycles. The van der Waals surface area contributed by atoms with Crippen LogP contribution >= 0.6 is 11.9 Å². The average Bonchev–Trinajstić information content (AvgIpc) is 3.56. The van der Waals surface area contributed by atoms with Crippen LogP contribution in [0.1, 0.15) is 52.1 Å². The smallest absolute Gasteiger partial charge is 0.340 e. The molecule has 1 aromatic carbocycles. The number of fused-ring (bicyclic) bond motifs is 1. The summed E-state index contributed by atoms with van der Waals surface area (Å²) >= 11 is 0.960. The zero-order valence-corrected chi connectivity index (χ0v) is 27.0. The molecule has 0 bridgehead atoms. The van der Waals surface area contributed by atoms with E-state index in [2.05, 4.69) is 24.8 Å². The molecule has 6 rings (SSSR count). The number of esters is 1. The molecule has 1 saturated heterocycles.